The molecule has 5 heteroatoms. The summed E-state index contributed by atoms with van der Waals surface area (Å²) in [5.41, 5.74) is 1.11. The summed E-state index contributed by atoms with van der Waals surface area (Å²) in [5.74, 6) is 1.52. The summed E-state index contributed by atoms with van der Waals surface area (Å²) in [6.45, 7) is 1.51. The van der Waals surface area contributed by atoms with Gasteiger partial charge in [-0.3, -0.25) is 4.79 Å². The first-order valence-corrected chi connectivity index (χ1v) is 6.69. The number of carbonyl (C=O) groups excluding carboxylic acids is 1. The molecule has 0 spiro atoms. The van der Waals surface area contributed by atoms with E-state index in [1.165, 1.54) is 7.11 Å². The molecule has 2 atom stereocenters. The van der Waals surface area contributed by atoms with E-state index in [4.69, 9.17) is 14.2 Å². The highest BCUT2D eigenvalue weighted by Gasteiger charge is 2.29. The van der Waals surface area contributed by atoms with E-state index in [-0.39, 0.29) is 17.8 Å². The zero-order valence-electron chi connectivity index (χ0n) is 12.1. The zero-order chi connectivity index (χ0) is 14.5. The number of benzene rings is 1. The van der Waals surface area contributed by atoms with Gasteiger partial charge >= 0.3 is 5.97 Å². The van der Waals surface area contributed by atoms with Gasteiger partial charge in [0.2, 0.25) is 0 Å². The highest BCUT2D eigenvalue weighted by Crippen LogP contribution is 2.32. The molecule has 2 rings (SSSR count). The Kier molecular flexibility index (Phi) is 4.84. The number of esters is 1. The third-order valence-electron chi connectivity index (χ3n) is 3.73. The number of nitrogens with one attached hydrogen (secondary N) is 1. The first-order valence-electron chi connectivity index (χ1n) is 6.69. The van der Waals surface area contributed by atoms with Gasteiger partial charge < -0.3 is 19.5 Å². The molecule has 1 aromatic carbocycles. The summed E-state index contributed by atoms with van der Waals surface area (Å²) in [6, 6.07) is 5.83. The normalized spacial score (nSPS) is 22.1. The van der Waals surface area contributed by atoms with Crippen molar-refractivity contribution >= 4 is 5.97 Å². The largest absolute Gasteiger partial charge is 0.497 e. The third kappa shape index (κ3) is 3.22. The van der Waals surface area contributed by atoms with Crippen molar-refractivity contribution in [3.8, 4) is 11.5 Å². The molecule has 1 N–H and O–H groups in total. The second-order valence-corrected chi connectivity index (χ2v) is 4.96. The summed E-state index contributed by atoms with van der Waals surface area (Å²) in [4.78, 5) is 11.7. The minimum Gasteiger partial charge on any atom is -0.497 e. The van der Waals surface area contributed by atoms with Gasteiger partial charge in [0.1, 0.15) is 11.5 Å². The van der Waals surface area contributed by atoms with Crippen LogP contribution in [0.15, 0.2) is 18.2 Å². The number of rotatable bonds is 4. The SMILES string of the molecule is COC(=O)[C@@H]1CNC[C@@H](c2cc(OC)cc(OC)c2)C1. The Morgan fingerprint density at radius 1 is 1.10 bits per heavy atom. The fourth-order valence-corrected chi connectivity index (χ4v) is 2.61. The van der Waals surface area contributed by atoms with Gasteiger partial charge in [0.15, 0.2) is 0 Å². The Morgan fingerprint density at radius 3 is 2.30 bits per heavy atom. The van der Waals surface area contributed by atoms with Crippen LogP contribution in [0.3, 0.4) is 0 Å². The maximum Gasteiger partial charge on any atom is 0.309 e. The van der Waals surface area contributed by atoms with Crippen LogP contribution in [0.25, 0.3) is 0 Å². The molecule has 1 aliphatic rings. The number of carbonyl (C=O) groups is 1. The number of ether oxygens (including phenoxy) is 3. The Labute approximate surface area is 119 Å². The third-order valence-corrected chi connectivity index (χ3v) is 3.73. The number of hydrogen-bond donors (Lipinski definition) is 1. The summed E-state index contributed by atoms with van der Waals surface area (Å²) >= 11 is 0. The lowest BCUT2D eigenvalue weighted by Crippen LogP contribution is -2.39. The van der Waals surface area contributed by atoms with Crippen molar-refractivity contribution in [2.75, 3.05) is 34.4 Å². The lowest BCUT2D eigenvalue weighted by molar-refractivity contribution is -0.146. The molecule has 20 heavy (non-hydrogen) atoms. The lowest BCUT2D eigenvalue weighted by Gasteiger charge is -2.29. The van der Waals surface area contributed by atoms with Crippen molar-refractivity contribution in [1.82, 2.24) is 5.32 Å². The van der Waals surface area contributed by atoms with Gasteiger partial charge in [-0.1, -0.05) is 0 Å². The quantitative estimate of drug-likeness (QED) is 0.848. The van der Waals surface area contributed by atoms with Crippen molar-refractivity contribution in [1.29, 1.82) is 0 Å². The molecule has 0 bridgehead atoms. The van der Waals surface area contributed by atoms with Crippen LogP contribution < -0.4 is 14.8 Å². The smallest absolute Gasteiger partial charge is 0.309 e. The monoisotopic (exact) mass is 279 g/mol. The highest BCUT2D eigenvalue weighted by molar-refractivity contribution is 5.72. The van der Waals surface area contributed by atoms with E-state index in [1.807, 2.05) is 18.2 Å². The number of piperidine rings is 1. The molecule has 0 aliphatic carbocycles. The number of hydrogen-bond acceptors (Lipinski definition) is 5. The molecule has 0 amide bonds. The second kappa shape index (κ2) is 6.61. The molecule has 1 heterocycles. The fraction of sp³-hybridized carbons (Fsp3) is 0.533. The van der Waals surface area contributed by atoms with Gasteiger partial charge in [-0.05, 0) is 30.0 Å². The van der Waals surface area contributed by atoms with Crippen molar-refractivity contribution in [2.24, 2.45) is 5.92 Å². The van der Waals surface area contributed by atoms with Gasteiger partial charge in [0, 0.05) is 19.2 Å². The van der Waals surface area contributed by atoms with E-state index in [9.17, 15) is 4.79 Å². The van der Waals surface area contributed by atoms with Crippen LogP contribution >= 0.6 is 0 Å². The van der Waals surface area contributed by atoms with Gasteiger partial charge in [0.25, 0.3) is 0 Å². The molecule has 5 nitrogen and oxygen atoms in total. The highest BCUT2D eigenvalue weighted by atomic mass is 16.5. The van der Waals surface area contributed by atoms with Gasteiger partial charge in [-0.15, -0.1) is 0 Å². The van der Waals surface area contributed by atoms with Crippen molar-refractivity contribution < 1.29 is 19.0 Å². The Morgan fingerprint density at radius 2 is 1.75 bits per heavy atom. The van der Waals surface area contributed by atoms with Crippen LogP contribution in [-0.4, -0.2) is 40.4 Å². The first-order chi connectivity index (χ1) is 9.67. The van der Waals surface area contributed by atoms with Crippen molar-refractivity contribution in [2.45, 2.75) is 12.3 Å². The average Bonchev–Trinajstić information content (AvgIpc) is 2.53. The van der Waals surface area contributed by atoms with E-state index < -0.39 is 0 Å². The Hall–Kier alpha value is -1.75. The first kappa shape index (κ1) is 14.7. The molecule has 1 saturated heterocycles. The molecule has 1 fully saturated rings. The van der Waals surface area contributed by atoms with Gasteiger partial charge in [0.05, 0.1) is 27.2 Å². The minimum absolute atomic E-state index is 0.101. The van der Waals surface area contributed by atoms with Crippen molar-refractivity contribution in [3.05, 3.63) is 23.8 Å². The molecule has 1 aliphatic heterocycles. The standard InChI is InChI=1S/C15H21NO4/c1-18-13-5-10(6-14(7-13)19-2)11-4-12(9-16-8-11)15(17)20-3/h5-7,11-12,16H,4,8-9H2,1-3H3/t11-,12-/m0/s1. The van der Waals surface area contributed by atoms with Crippen LogP contribution in [0, 0.1) is 5.92 Å². The van der Waals surface area contributed by atoms with Crippen LogP contribution in [0.4, 0.5) is 0 Å². The maximum absolute atomic E-state index is 11.7. The summed E-state index contributed by atoms with van der Waals surface area (Å²) in [7, 11) is 4.70. The Balaban J connectivity index is 2.19. The van der Waals surface area contributed by atoms with E-state index >= 15 is 0 Å². The molecular formula is C15H21NO4. The maximum atomic E-state index is 11.7. The number of methoxy groups -OCH3 is 3. The fourth-order valence-electron chi connectivity index (χ4n) is 2.61. The lowest BCUT2D eigenvalue weighted by atomic mass is 9.85. The van der Waals surface area contributed by atoms with Crippen LogP contribution in [0.1, 0.15) is 17.9 Å². The van der Waals surface area contributed by atoms with Crippen LogP contribution in [-0.2, 0) is 9.53 Å². The average molecular weight is 279 g/mol. The summed E-state index contributed by atoms with van der Waals surface area (Å²) in [6.07, 6.45) is 0.774. The molecule has 1 aromatic rings. The molecule has 0 radical (unpaired) electrons. The van der Waals surface area contributed by atoms with Gasteiger partial charge in [-0.2, -0.15) is 0 Å². The zero-order valence-corrected chi connectivity index (χ0v) is 12.1. The van der Waals surface area contributed by atoms with E-state index in [0.717, 1.165) is 30.0 Å². The van der Waals surface area contributed by atoms with E-state index in [2.05, 4.69) is 5.32 Å². The Bertz CT molecular complexity index is 453. The molecule has 110 valence electrons. The van der Waals surface area contributed by atoms with E-state index in [1.54, 1.807) is 14.2 Å². The van der Waals surface area contributed by atoms with Gasteiger partial charge in [-0.25, -0.2) is 0 Å². The topological polar surface area (TPSA) is 56.8 Å². The summed E-state index contributed by atoms with van der Waals surface area (Å²) in [5, 5.41) is 3.29. The predicted molar refractivity (Wildman–Crippen MR) is 75.3 cm³/mol. The molecule has 0 unspecified atom stereocenters. The summed E-state index contributed by atoms with van der Waals surface area (Å²) < 4.78 is 15.4. The van der Waals surface area contributed by atoms with E-state index in [0.29, 0.717) is 6.54 Å². The second-order valence-electron chi connectivity index (χ2n) is 4.96. The predicted octanol–water partition coefficient (Wildman–Crippen LogP) is 1.57. The van der Waals surface area contributed by atoms with Crippen LogP contribution in [0.2, 0.25) is 0 Å². The van der Waals surface area contributed by atoms with Crippen molar-refractivity contribution in [3.63, 3.8) is 0 Å². The minimum atomic E-state index is -0.155. The molecule has 0 aromatic heterocycles. The molecular weight excluding hydrogens is 258 g/mol. The molecule has 0 saturated carbocycles. The van der Waals surface area contributed by atoms with Crippen LogP contribution in [0.5, 0.6) is 11.5 Å².